The molecule has 2 heteroatoms. The molecule has 0 bridgehead atoms. The maximum absolute atomic E-state index is 5.89. The van der Waals surface area contributed by atoms with E-state index in [0.29, 0.717) is 6.04 Å². The molecule has 1 heterocycles. The molecule has 0 aliphatic carbocycles. The Bertz CT molecular complexity index is 425. The second kappa shape index (κ2) is 5.96. The molecule has 0 saturated carbocycles. The second-order valence-corrected chi connectivity index (χ2v) is 6.09. The lowest BCUT2D eigenvalue weighted by Crippen LogP contribution is -2.22. The Morgan fingerprint density at radius 3 is 2.79 bits per heavy atom. The molecule has 0 spiro atoms. The highest BCUT2D eigenvalue weighted by Crippen LogP contribution is 2.36. The molecule has 0 aromatic heterocycles. The lowest BCUT2D eigenvalue weighted by atomic mass is 9.81. The van der Waals surface area contributed by atoms with Crippen LogP contribution in [0.1, 0.15) is 64.1 Å². The standard InChI is InChI=1S/C17H27NO/c1-5-17(3,4)13-9-10-16-14(12-13)15(18-6-2)8-7-11-19-16/h9-10,12,15,18H,5-8,11H2,1-4H3. The van der Waals surface area contributed by atoms with Gasteiger partial charge in [0.2, 0.25) is 0 Å². The van der Waals surface area contributed by atoms with Crippen molar-refractivity contribution >= 4 is 0 Å². The molecule has 1 aromatic rings. The molecule has 19 heavy (non-hydrogen) atoms. The van der Waals surface area contributed by atoms with Crippen LogP contribution in [0.4, 0.5) is 0 Å². The molecule has 106 valence electrons. The molecular formula is C17H27NO. The topological polar surface area (TPSA) is 21.3 Å². The summed E-state index contributed by atoms with van der Waals surface area (Å²) in [6.45, 7) is 10.9. The summed E-state index contributed by atoms with van der Waals surface area (Å²) >= 11 is 0. The molecule has 0 radical (unpaired) electrons. The van der Waals surface area contributed by atoms with Crippen molar-refractivity contribution in [1.82, 2.24) is 5.32 Å². The van der Waals surface area contributed by atoms with Crippen LogP contribution in [-0.4, -0.2) is 13.2 Å². The van der Waals surface area contributed by atoms with Gasteiger partial charge < -0.3 is 10.1 Å². The number of benzene rings is 1. The zero-order valence-corrected chi connectivity index (χ0v) is 12.8. The van der Waals surface area contributed by atoms with Crippen LogP contribution in [0.3, 0.4) is 0 Å². The van der Waals surface area contributed by atoms with E-state index >= 15 is 0 Å². The normalized spacial score (nSPS) is 19.5. The van der Waals surface area contributed by atoms with Crippen LogP contribution < -0.4 is 10.1 Å². The molecule has 0 amide bonds. The Balaban J connectivity index is 2.39. The molecule has 1 atom stereocenters. The van der Waals surface area contributed by atoms with Gasteiger partial charge in [0.05, 0.1) is 6.61 Å². The van der Waals surface area contributed by atoms with Gasteiger partial charge >= 0.3 is 0 Å². The average Bonchev–Trinajstić information content (AvgIpc) is 2.61. The zero-order chi connectivity index (χ0) is 13.9. The molecule has 2 nitrogen and oxygen atoms in total. The predicted molar refractivity (Wildman–Crippen MR) is 80.9 cm³/mol. The van der Waals surface area contributed by atoms with E-state index in [4.69, 9.17) is 4.74 Å². The number of rotatable bonds is 4. The Morgan fingerprint density at radius 2 is 2.11 bits per heavy atom. The molecule has 0 fully saturated rings. The highest BCUT2D eigenvalue weighted by atomic mass is 16.5. The number of nitrogens with one attached hydrogen (secondary N) is 1. The SMILES string of the molecule is CCNC1CCCOc2ccc(C(C)(C)CC)cc21. The van der Waals surface area contributed by atoms with Crippen LogP contribution in [0.5, 0.6) is 5.75 Å². The molecule has 1 N–H and O–H groups in total. The lowest BCUT2D eigenvalue weighted by molar-refractivity contribution is 0.315. The molecule has 1 aliphatic heterocycles. The van der Waals surface area contributed by atoms with E-state index in [2.05, 4.69) is 51.2 Å². The lowest BCUT2D eigenvalue weighted by Gasteiger charge is -2.26. The summed E-state index contributed by atoms with van der Waals surface area (Å²) < 4.78 is 5.89. The van der Waals surface area contributed by atoms with Crippen LogP contribution in [0.25, 0.3) is 0 Å². The number of ether oxygens (including phenoxy) is 1. The monoisotopic (exact) mass is 261 g/mol. The summed E-state index contributed by atoms with van der Waals surface area (Å²) in [5, 5.41) is 3.60. The summed E-state index contributed by atoms with van der Waals surface area (Å²) in [7, 11) is 0. The van der Waals surface area contributed by atoms with Crippen molar-refractivity contribution in [3.05, 3.63) is 29.3 Å². The van der Waals surface area contributed by atoms with Crippen molar-refractivity contribution in [2.45, 2.75) is 58.4 Å². The Labute approximate surface area is 117 Å². The van der Waals surface area contributed by atoms with Gasteiger partial charge in [-0.05, 0) is 48.9 Å². The third kappa shape index (κ3) is 3.11. The average molecular weight is 261 g/mol. The fraction of sp³-hybridized carbons (Fsp3) is 0.647. The fourth-order valence-electron chi connectivity index (χ4n) is 2.66. The molecule has 1 aromatic carbocycles. The summed E-state index contributed by atoms with van der Waals surface area (Å²) in [5.41, 5.74) is 3.00. The third-order valence-electron chi connectivity index (χ3n) is 4.40. The van der Waals surface area contributed by atoms with Crippen molar-refractivity contribution in [2.75, 3.05) is 13.2 Å². The van der Waals surface area contributed by atoms with E-state index in [1.54, 1.807) is 0 Å². The van der Waals surface area contributed by atoms with Crippen LogP contribution in [0.15, 0.2) is 18.2 Å². The Hall–Kier alpha value is -1.02. The largest absolute Gasteiger partial charge is 0.493 e. The summed E-state index contributed by atoms with van der Waals surface area (Å²) in [6, 6.07) is 7.20. The van der Waals surface area contributed by atoms with Crippen molar-refractivity contribution in [1.29, 1.82) is 0 Å². The van der Waals surface area contributed by atoms with Crippen LogP contribution in [-0.2, 0) is 5.41 Å². The van der Waals surface area contributed by atoms with Crippen LogP contribution in [0.2, 0.25) is 0 Å². The van der Waals surface area contributed by atoms with E-state index in [-0.39, 0.29) is 5.41 Å². The maximum atomic E-state index is 5.89. The fourth-order valence-corrected chi connectivity index (χ4v) is 2.66. The predicted octanol–water partition coefficient (Wildman–Crippen LogP) is 4.20. The number of fused-ring (bicyclic) bond motifs is 1. The highest BCUT2D eigenvalue weighted by Gasteiger charge is 2.24. The number of hydrogen-bond acceptors (Lipinski definition) is 2. The van der Waals surface area contributed by atoms with Gasteiger partial charge in [-0.2, -0.15) is 0 Å². The maximum Gasteiger partial charge on any atom is 0.124 e. The summed E-state index contributed by atoms with van der Waals surface area (Å²) in [5.74, 6) is 1.07. The first kappa shape index (κ1) is 14.4. The molecule has 1 aliphatic rings. The van der Waals surface area contributed by atoms with E-state index in [9.17, 15) is 0 Å². The minimum atomic E-state index is 0.234. The molecule has 0 saturated heterocycles. The summed E-state index contributed by atoms with van der Waals surface area (Å²) in [6.07, 6.45) is 3.44. The van der Waals surface area contributed by atoms with Crippen molar-refractivity contribution in [3.8, 4) is 5.75 Å². The van der Waals surface area contributed by atoms with Crippen LogP contribution >= 0.6 is 0 Å². The first-order chi connectivity index (χ1) is 9.08. The van der Waals surface area contributed by atoms with Gasteiger partial charge in [0.15, 0.2) is 0 Å². The minimum absolute atomic E-state index is 0.234. The van der Waals surface area contributed by atoms with E-state index < -0.39 is 0 Å². The zero-order valence-electron chi connectivity index (χ0n) is 12.8. The number of hydrogen-bond donors (Lipinski definition) is 1. The van der Waals surface area contributed by atoms with E-state index in [1.807, 2.05) is 0 Å². The van der Waals surface area contributed by atoms with Gasteiger partial charge in [-0.15, -0.1) is 0 Å². The van der Waals surface area contributed by atoms with Gasteiger partial charge in [-0.1, -0.05) is 33.8 Å². The van der Waals surface area contributed by atoms with E-state index in [0.717, 1.165) is 38.2 Å². The van der Waals surface area contributed by atoms with Crippen molar-refractivity contribution in [3.63, 3.8) is 0 Å². The smallest absolute Gasteiger partial charge is 0.124 e. The van der Waals surface area contributed by atoms with Crippen LogP contribution in [0, 0.1) is 0 Å². The van der Waals surface area contributed by atoms with Gasteiger partial charge in [0, 0.05) is 11.6 Å². The van der Waals surface area contributed by atoms with E-state index in [1.165, 1.54) is 11.1 Å². The van der Waals surface area contributed by atoms with Gasteiger partial charge in [-0.25, -0.2) is 0 Å². The van der Waals surface area contributed by atoms with Gasteiger partial charge in [0.1, 0.15) is 5.75 Å². The quantitative estimate of drug-likeness (QED) is 0.877. The highest BCUT2D eigenvalue weighted by molar-refractivity contribution is 5.42. The van der Waals surface area contributed by atoms with Gasteiger partial charge in [-0.3, -0.25) is 0 Å². The minimum Gasteiger partial charge on any atom is -0.493 e. The Kier molecular flexibility index (Phi) is 4.51. The molecular weight excluding hydrogens is 234 g/mol. The van der Waals surface area contributed by atoms with Crippen molar-refractivity contribution in [2.24, 2.45) is 0 Å². The molecule has 2 rings (SSSR count). The molecule has 1 unspecified atom stereocenters. The summed E-state index contributed by atoms with van der Waals surface area (Å²) in [4.78, 5) is 0. The Morgan fingerprint density at radius 1 is 1.32 bits per heavy atom. The van der Waals surface area contributed by atoms with Gasteiger partial charge in [0.25, 0.3) is 0 Å². The van der Waals surface area contributed by atoms with Crippen molar-refractivity contribution < 1.29 is 4.74 Å². The first-order valence-electron chi connectivity index (χ1n) is 7.59. The third-order valence-corrected chi connectivity index (χ3v) is 4.40. The second-order valence-electron chi connectivity index (χ2n) is 6.09. The first-order valence-corrected chi connectivity index (χ1v) is 7.59.